The maximum Gasteiger partial charge on any atom is 0.125 e. The monoisotopic (exact) mass is 203 g/mol. The van der Waals surface area contributed by atoms with Crippen molar-refractivity contribution in [1.82, 2.24) is 0 Å². The molecule has 1 atom stereocenters. The van der Waals surface area contributed by atoms with Crippen molar-refractivity contribution in [2.75, 3.05) is 7.11 Å². The molecule has 0 amide bonds. The van der Waals surface area contributed by atoms with Crippen LogP contribution >= 0.6 is 0 Å². The van der Waals surface area contributed by atoms with Crippen LogP contribution in [-0.4, -0.2) is 7.11 Å². The van der Waals surface area contributed by atoms with Crippen LogP contribution in [0.1, 0.15) is 17.4 Å². The summed E-state index contributed by atoms with van der Waals surface area (Å²) in [6.07, 6.45) is 1.62. The highest BCUT2D eigenvalue weighted by Gasteiger charge is 2.15. The molecule has 15 heavy (non-hydrogen) atoms. The summed E-state index contributed by atoms with van der Waals surface area (Å²) in [7, 11) is 1.63. The van der Waals surface area contributed by atoms with Crippen LogP contribution in [0.25, 0.3) is 0 Å². The van der Waals surface area contributed by atoms with Crippen LogP contribution in [0.2, 0.25) is 0 Å². The Morgan fingerprint density at radius 2 is 2.00 bits per heavy atom. The second kappa shape index (κ2) is 4.19. The quantitative estimate of drug-likeness (QED) is 0.832. The first-order chi connectivity index (χ1) is 7.33. The van der Waals surface area contributed by atoms with Crippen molar-refractivity contribution in [3.8, 4) is 5.75 Å². The molecule has 0 aliphatic carbocycles. The smallest absolute Gasteiger partial charge is 0.125 e. The summed E-state index contributed by atoms with van der Waals surface area (Å²) < 4.78 is 10.5. The van der Waals surface area contributed by atoms with Gasteiger partial charge in [0.05, 0.1) is 19.4 Å². The van der Waals surface area contributed by atoms with Crippen LogP contribution in [0, 0.1) is 0 Å². The van der Waals surface area contributed by atoms with Crippen LogP contribution in [-0.2, 0) is 0 Å². The highest BCUT2D eigenvalue weighted by Crippen LogP contribution is 2.27. The van der Waals surface area contributed by atoms with Gasteiger partial charge in [-0.2, -0.15) is 0 Å². The number of ether oxygens (including phenoxy) is 1. The van der Waals surface area contributed by atoms with Crippen molar-refractivity contribution in [3.05, 3.63) is 54.0 Å². The Kier molecular flexibility index (Phi) is 2.74. The summed E-state index contributed by atoms with van der Waals surface area (Å²) in [6.45, 7) is 0. The highest BCUT2D eigenvalue weighted by molar-refractivity contribution is 5.38. The van der Waals surface area contributed by atoms with Gasteiger partial charge < -0.3 is 14.9 Å². The van der Waals surface area contributed by atoms with Gasteiger partial charge in [0.15, 0.2) is 0 Å². The van der Waals surface area contributed by atoms with E-state index in [0.29, 0.717) is 0 Å². The van der Waals surface area contributed by atoms with Crippen molar-refractivity contribution in [3.63, 3.8) is 0 Å². The molecule has 1 aromatic carbocycles. The lowest BCUT2D eigenvalue weighted by molar-refractivity contribution is 0.403. The Balaban J connectivity index is 2.37. The lowest BCUT2D eigenvalue weighted by atomic mass is 10.0. The molecule has 0 bridgehead atoms. The average molecular weight is 203 g/mol. The molecule has 0 radical (unpaired) electrons. The molecule has 1 heterocycles. The molecule has 3 heteroatoms. The van der Waals surface area contributed by atoms with Crippen molar-refractivity contribution < 1.29 is 9.15 Å². The Labute approximate surface area is 88.5 Å². The van der Waals surface area contributed by atoms with E-state index in [0.717, 1.165) is 17.1 Å². The average Bonchev–Trinajstić information content (AvgIpc) is 2.81. The standard InChI is InChI=1S/C12H13NO2/c1-14-10-6-3-2-5-9(10)12(13)11-7-4-8-15-11/h2-8,12H,13H2,1H3/t12-/m1/s1. The molecule has 2 aromatic rings. The number of methoxy groups -OCH3 is 1. The molecule has 0 unspecified atom stereocenters. The van der Waals surface area contributed by atoms with E-state index in [-0.39, 0.29) is 6.04 Å². The van der Waals surface area contributed by atoms with Crippen molar-refractivity contribution in [2.45, 2.75) is 6.04 Å². The zero-order valence-corrected chi connectivity index (χ0v) is 8.51. The van der Waals surface area contributed by atoms with Gasteiger partial charge in [-0.15, -0.1) is 0 Å². The van der Waals surface area contributed by atoms with E-state index in [1.807, 2.05) is 36.4 Å². The molecule has 0 saturated carbocycles. The first kappa shape index (κ1) is 9.80. The van der Waals surface area contributed by atoms with Crippen LogP contribution in [0.5, 0.6) is 5.75 Å². The van der Waals surface area contributed by atoms with E-state index >= 15 is 0 Å². The number of para-hydroxylation sites is 1. The van der Waals surface area contributed by atoms with Gasteiger partial charge in [-0.3, -0.25) is 0 Å². The number of furan rings is 1. The maximum atomic E-state index is 6.06. The first-order valence-corrected chi connectivity index (χ1v) is 4.75. The zero-order chi connectivity index (χ0) is 10.7. The van der Waals surface area contributed by atoms with Crippen molar-refractivity contribution in [1.29, 1.82) is 0 Å². The number of hydrogen-bond donors (Lipinski definition) is 1. The molecular formula is C12H13NO2. The summed E-state index contributed by atoms with van der Waals surface area (Å²) in [5.74, 6) is 1.51. The van der Waals surface area contributed by atoms with Gasteiger partial charge in [0.25, 0.3) is 0 Å². The molecule has 0 saturated heterocycles. The SMILES string of the molecule is COc1ccccc1[C@@H](N)c1ccco1. The number of benzene rings is 1. The Morgan fingerprint density at radius 3 is 2.67 bits per heavy atom. The van der Waals surface area contributed by atoms with Gasteiger partial charge in [-0.05, 0) is 18.2 Å². The van der Waals surface area contributed by atoms with Crippen LogP contribution < -0.4 is 10.5 Å². The molecule has 2 N–H and O–H groups in total. The molecule has 0 aliphatic rings. The zero-order valence-electron chi connectivity index (χ0n) is 8.51. The summed E-state index contributed by atoms with van der Waals surface area (Å²) >= 11 is 0. The predicted molar refractivity (Wildman–Crippen MR) is 57.7 cm³/mol. The summed E-state index contributed by atoms with van der Waals surface area (Å²) in [4.78, 5) is 0. The third-order valence-electron chi connectivity index (χ3n) is 2.32. The fourth-order valence-corrected chi connectivity index (χ4v) is 1.54. The fourth-order valence-electron chi connectivity index (χ4n) is 1.54. The lowest BCUT2D eigenvalue weighted by Gasteiger charge is -2.13. The highest BCUT2D eigenvalue weighted by atomic mass is 16.5. The third-order valence-corrected chi connectivity index (χ3v) is 2.32. The van der Waals surface area contributed by atoms with Gasteiger partial charge in [-0.1, -0.05) is 18.2 Å². The Hall–Kier alpha value is -1.74. The van der Waals surface area contributed by atoms with Crippen molar-refractivity contribution in [2.24, 2.45) is 5.73 Å². The minimum Gasteiger partial charge on any atom is -0.496 e. The van der Waals surface area contributed by atoms with Crippen molar-refractivity contribution >= 4 is 0 Å². The van der Waals surface area contributed by atoms with Crippen LogP contribution in [0.15, 0.2) is 47.1 Å². The number of nitrogens with two attached hydrogens (primary N) is 1. The number of rotatable bonds is 3. The van der Waals surface area contributed by atoms with Gasteiger partial charge in [0, 0.05) is 5.56 Å². The van der Waals surface area contributed by atoms with Gasteiger partial charge in [0.2, 0.25) is 0 Å². The maximum absolute atomic E-state index is 6.06. The molecular weight excluding hydrogens is 190 g/mol. The number of hydrogen-bond acceptors (Lipinski definition) is 3. The van der Waals surface area contributed by atoms with E-state index in [1.54, 1.807) is 13.4 Å². The van der Waals surface area contributed by atoms with E-state index in [1.165, 1.54) is 0 Å². The minimum absolute atomic E-state index is 0.281. The normalized spacial score (nSPS) is 12.4. The summed E-state index contributed by atoms with van der Waals surface area (Å²) in [5, 5.41) is 0. The topological polar surface area (TPSA) is 48.4 Å². The minimum atomic E-state index is -0.281. The molecule has 0 fully saturated rings. The molecule has 2 rings (SSSR count). The Morgan fingerprint density at radius 1 is 1.20 bits per heavy atom. The van der Waals surface area contributed by atoms with E-state index in [2.05, 4.69) is 0 Å². The third kappa shape index (κ3) is 1.87. The molecule has 0 spiro atoms. The molecule has 0 aliphatic heterocycles. The van der Waals surface area contributed by atoms with E-state index in [4.69, 9.17) is 14.9 Å². The van der Waals surface area contributed by atoms with Gasteiger partial charge in [-0.25, -0.2) is 0 Å². The molecule has 3 nitrogen and oxygen atoms in total. The van der Waals surface area contributed by atoms with E-state index < -0.39 is 0 Å². The molecule has 78 valence electrons. The second-order valence-electron chi connectivity index (χ2n) is 3.24. The Bertz CT molecular complexity index is 423. The second-order valence-corrected chi connectivity index (χ2v) is 3.24. The first-order valence-electron chi connectivity index (χ1n) is 4.75. The largest absolute Gasteiger partial charge is 0.496 e. The van der Waals surface area contributed by atoms with Crippen LogP contribution in [0.4, 0.5) is 0 Å². The summed E-state index contributed by atoms with van der Waals surface area (Å²) in [6, 6.07) is 11.1. The predicted octanol–water partition coefficient (Wildman–Crippen LogP) is 2.34. The van der Waals surface area contributed by atoms with Gasteiger partial charge in [0.1, 0.15) is 11.5 Å². The van der Waals surface area contributed by atoms with E-state index in [9.17, 15) is 0 Å². The fraction of sp³-hybridized carbons (Fsp3) is 0.167. The van der Waals surface area contributed by atoms with Crippen LogP contribution in [0.3, 0.4) is 0 Å². The lowest BCUT2D eigenvalue weighted by Crippen LogP contribution is -2.12. The molecule has 1 aromatic heterocycles. The van der Waals surface area contributed by atoms with Gasteiger partial charge >= 0.3 is 0 Å². The summed E-state index contributed by atoms with van der Waals surface area (Å²) in [5.41, 5.74) is 6.99.